The molecule has 3 rings (SSSR count). The Bertz CT molecular complexity index is 1050. The van der Waals surface area contributed by atoms with Gasteiger partial charge in [0.2, 0.25) is 6.29 Å². The molecule has 1 aromatic heterocycles. The third-order valence-corrected chi connectivity index (χ3v) is 5.20. The Morgan fingerprint density at radius 3 is 2.09 bits per heavy atom. The van der Waals surface area contributed by atoms with Gasteiger partial charge in [0.05, 0.1) is 26.0 Å². The number of hydrogen-bond donors (Lipinski definition) is 3. The minimum atomic E-state index is -1.27. The largest absolute Gasteiger partial charge is 0.457 e. The molecule has 0 saturated carbocycles. The van der Waals surface area contributed by atoms with Gasteiger partial charge in [0.25, 0.3) is 0 Å². The lowest BCUT2D eigenvalue weighted by Crippen LogP contribution is -2.64. The van der Waals surface area contributed by atoms with Crippen LogP contribution in [-0.2, 0) is 53.1 Å². The molecule has 1 aliphatic rings. The van der Waals surface area contributed by atoms with Gasteiger partial charge in [-0.1, -0.05) is 11.3 Å². The first-order valence-corrected chi connectivity index (χ1v) is 10.8. The predicted octanol–water partition coefficient (Wildman–Crippen LogP) is -0.592. The van der Waals surface area contributed by atoms with Crippen molar-refractivity contribution in [3.05, 3.63) is 35.5 Å². The first kappa shape index (κ1) is 26.2. The van der Waals surface area contributed by atoms with Crippen molar-refractivity contribution in [1.29, 1.82) is 0 Å². The van der Waals surface area contributed by atoms with Crippen LogP contribution in [0.3, 0.4) is 0 Å². The Morgan fingerprint density at radius 1 is 0.971 bits per heavy atom. The van der Waals surface area contributed by atoms with E-state index in [1.54, 1.807) is 24.4 Å². The van der Waals surface area contributed by atoms with Gasteiger partial charge < -0.3 is 34.9 Å². The summed E-state index contributed by atoms with van der Waals surface area (Å²) < 4.78 is 23.1. The maximum Gasteiger partial charge on any atom is 0.304 e. The van der Waals surface area contributed by atoms with Crippen molar-refractivity contribution in [3.63, 3.8) is 0 Å². The van der Waals surface area contributed by atoms with Crippen molar-refractivity contribution in [1.82, 2.24) is 15.0 Å². The fraction of sp³-hybridized carbons (Fsp3) is 0.500. The predicted molar refractivity (Wildman–Crippen MR) is 117 cm³/mol. The highest BCUT2D eigenvalue weighted by Crippen LogP contribution is 2.28. The minimum Gasteiger partial charge on any atom is -0.457 e. The van der Waals surface area contributed by atoms with Gasteiger partial charge >= 0.3 is 17.9 Å². The van der Waals surface area contributed by atoms with Crippen LogP contribution >= 0.6 is 0 Å². The number of hydrogen-bond acceptors (Lipinski definition) is 12. The molecule has 0 radical (unpaired) electrons. The number of carbonyl (C=O) groups is 3. The van der Waals surface area contributed by atoms with E-state index < -0.39 is 48.6 Å². The first-order valence-electron chi connectivity index (χ1n) is 10.8. The van der Waals surface area contributed by atoms with Crippen molar-refractivity contribution < 1.29 is 43.5 Å². The molecule has 0 bridgehead atoms. The van der Waals surface area contributed by atoms with Gasteiger partial charge in [-0.15, -0.1) is 5.10 Å². The zero-order chi connectivity index (χ0) is 25.7. The molecule has 1 aliphatic heterocycles. The second-order valence-electron chi connectivity index (χ2n) is 8.06. The lowest BCUT2D eigenvalue weighted by atomic mass is 9.96. The van der Waals surface area contributed by atoms with Crippen LogP contribution in [-0.4, -0.2) is 73.8 Å². The van der Waals surface area contributed by atoms with Crippen LogP contribution < -0.4 is 5.73 Å². The SMILES string of the molecule is CC(=O)OC1[C@H](OC(C)=O)C(Cn2cc(-c3cc(CO)cc(CO)c3)nn2)O[C@@H](OC(C)=O)[C@H]1N. The van der Waals surface area contributed by atoms with Crippen LogP contribution in [0, 0.1) is 0 Å². The van der Waals surface area contributed by atoms with E-state index in [0.717, 1.165) is 0 Å². The zero-order valence-electron chi connectivity index (χ0n) is 19.5. The molecule has 1 saturated heterocycles. The van der Waals surface area contributed by atoms with E-state index >= 15 is 0 Å². The van der Waals surface area contributed by atoms with E-state index in [1.165, 1.54) is 25.5 Å². The van der Waals surface area contributed by atoms with Crippen LogP contribution in [0.15, 0.2) is 24.4 Å². The standard InChI is InChI=1S/C22H28N4O9/c1-11(29)32-20-18(35-22(34-13(3)31)19(23)21(20)33-12(2)30)8-26-7-17(24-25-26)16-5-14(9-27)4-15(6-16)10-28/h4-7,18-22,27-28H,8-10,23H2,1-3H3/t18?,19-,20+,21?,22+/m0/s1. The number of nitrogens with zero attached hydrogens (tertiary/aromatic N) is 3. The summed E-state index contributed by atoms with van der Waals surface area (Å²) in [6.45, 7) is 3.07. The van der Waals surface area contributed by atoms with Crippen LogP contribution in [0.2, 0.25) is 0 Å². The number of esters is 3. The highest BCUT2D eigenvalue weighted by atomic mass is 16.7. The summed E-state index contributed by atoms with van der Waals surface area (Å²) in [5.74, 6) is -1.99. The lowest BCUT2D eigenvalue weighted by molar-refractivity contribution is -0.263. The van der Waals surface area contributed by atoms with Crippen molar-refractivity contribution in [2.75, 3.05) is 0 Å². The molecular formula is C22H28N4O9. The van der Waals surface area contributed by atoms with Gasteiger partial charge in [-0.05, 0) is 23.3 Å². The van der Waals surface area contributed by atoms with E-state index in [4.69, 9.17) is 24.7 Å². The molecular weight excluding hydrogens is 464 g/mol. The molecule has 190 valence electrons. The summed E-state index contributed by atoms with van der Waals surface area (Å²) in [6, 6.07) is 3.96. The average molecular weight is 492 g/mol. The molecule has 2 heterocycles. The number of nitrogens with two attached hydrogens (primary N) is 1. The molecule has 13 nitrogen and oxygen atoms in total. The van der Waals surface area contributed by atoms with E-state index in [-0.39, 0.29) is 19.8 Å². The molecule has 1 aromatic carbocycles. The molecule has 0 amide bonds. The smallest absolute Gasteiger partial charge is 0.304 e. The van der Waals surface area contributed by atoms with Crippen LogP contribution in [0.4, 0.5) is 0 Å². The number of aromatic nitrogens is 3. The highest BCUT2D eigenvalue weighted by Gasteiger charge is 2.50. The normalized spacial score (nSPS) is 24.0. The number of benzene rings is 1. The fourth-order valence-electron chi connectivity index (χ4n) is 3.81. The van der Waals surface area contributed by atoms with Crippen molar-refractivity contribution in [2.45, 2.75) is 71.2 Å². The Hall–Kier alpha value is -3.39. The monoisotopic (exact) mass is 492 g/mol. The summed E-state index contributed by atoms with van der Waals surface area (Å²) >= 11 is 0. The minimum absolute atomic E-state index is 0.0280. The number of ether oxygens (including phenoxy) is 4. The Labute approximate surface area is 200 Å². The summed E-state index contributed by atoms with van der Waals surface area (Å²) in [5.41, 5.74) is 8.37. The second kappa shape index (κ2) is 11.4. The van der Waals surface area contributed by atoms with Gasteiger partial charge in [-0.2, -0.15) is 0 Å². The number of carbonyl (C=O) groups excluding carboxylic acids is 3. The van der Waals surface area contributed by atoms with Crippen molar-refractivity contribution >= 4 is 17.9 Å². The molecule has 5 atom stereocenters. The first-order chi connectivity index (χ1) is 16.6. The summed E-state index contributed by atoms with van der Waals surface area (Å²) in [7, 11) is 0. The molecule has 35 heavy (non-hydrogen) atoms. The fourth-order valence-corrected chi connectivity index (χ4v) is 3.81. The molecule has 0 spiro atoms. The van der Waals surface area contributed by atoms with Crippen LogP contribution in [0.1, 0.15) is 31.9 Å². The summed E-state index contributed by atoms with van der Waals surface area (Å²) in [6.07, 6.45) is -2.94. The molecule has 2 aromatic rings. The van der Waals surface area contributed by atoms with Gasteiger partial charge in [0, 0.05) is 26.3 Å². The van der Waals surface area contributed by atoms with Crippen molar-refractivity contribution in [3.8, 4) is 11.3 Å². The van der Waals surface area contributed by atoms with E-state index in [0.29, 0.717) is 22.4 Å². The number of rotatable bonds is 8. The molecule has 4 N–H and O–H groups in total. The van der Waals surface area contributed by atoms with Crippen LogP contribution in [0.25, 0.3) is 11.3 Å². The third kappa shape index (κ3) is 6.60. The summed E-state index contributed by atoms with van der Waals surface area (Å²) in [5, 5.41) is 27.2. The number of aliphatic hydroxyl groups excluding tert-OH is 2. The Morgan fingerprint density at radius 2 is 1.54 bits per heavy atom. The summed E-state index contributed by atoms with van der Waals surface area (Å²) in [4.78, 5) is 35.1. The van der Waals surface area contributed by atoms with Crippen molar-refractivity contribution in [2.24, 2.45) is 5.73 Å². The van der Waals surface area contributed by atoms with E-state index in [1.807, 2.05) is 0 Å². The quantitative estimate of drug-likeness (QED) is 0.315. The average Bonchev–Trinajstić information content (AvgIpc) is 3.26. The van der Waals surface area contributed by atoms with Gasteiger partial charge in [0.15, 0.2) is 12.2 Å². The van der Waals surface area contributed by atoms with Gasteiger partial charge in [-0.25, -0.2) is 4.68 Å². The van der Waals surface area contributed by atoms with E-state index in [2.05, 4.69) is 10.3 Å². The molecule has 2 unspecified atom stereocenters. The second-order valence-corrected chi connectivity index (χ2v) is 8.06. The highest BCUT2D eigenvalue weighted by molar-refractivity contribution is 5.68. The van der Waals surface area contributed by atoms with Gasteiger partial charge in [-0.3, -0.25) is 14.4 Å². The third-order valence-electron chi connectivity index (χ3n) is 5.20. The molecule has 13 heteroatoms. The Kier molecular flexibility index (Phi) is 8.51. The maximum absolute atomic E-state index is 11.8. The topological polar surface area (TPSA) is 185 Å². The molecule has 1 fully saturated rings. The van der Waals surface area contributed by atoms with E-state index in [9.17, 15) is 24.6 Å². The Balaban J connectivity index is 1.91. The van der Waals surface area contributed by atoms with Crippen LogP contribution in [0.5, 0.6) is 0 Å². The van der Waals surface area contributed by atoms with Gasteiger partial charge in [0.1, 0.15) is 17.8 Å². The lowest BCUT2D eigenvalue weighted by Gasteiger charge is -2.43. The number of aliphatic hydroxyl groups is 2. The zero-order valence-corrected chi connectivity index (χ0v) is 19.5. The maximum atomic E-state index is 11.8. The molecule has 0 aliphatic carbocycles.